The first-order valence-electron chi connectivity index (χ1n) is 11.4. The summed E-state index contributed by atoms with van der Waals surface area (Å²) < 4.78 is 0. The number of hydrogen-bond acceptors (Lipinski definition) is 3. The maximum atomic E-state index is 6.47. The van der Waals surface area contributed by atoms with Gasteiger partial charge in [0.05, 0.1) is 0 Å². The molecule has 0 saturated carbocycles. The fourth-order valence-electron chi connectivity index (χ4n) is 4.24. The van der Waals surface area contributed by atoms with Crippen LogP contribution in [0.2, 0.25) is 5.02 Å². The quantitative estimate of drug-likeness (QED) is 0.260. The number of halogens is 1. The Balaban J connectivity index is 1.58. The topological polar surface area (TPSA) is 38.7 Å². The molecule has 0 spiro atoms. The molecule has 1 heterocycles. The van der Waals surface area contributed by atoms with Crippen LogP contribution in [0.3, 0.4) is 0 Å². The van der Waals surface area contributed by atoms with Crippen LogP contribution < -0.4 is 0 Å². The third-order valence-corrected chi connectivity index (χ3v) is 6.22. The molecular weight excluding hydrogens is 450 g/mol. The van der Waals surface area contributed by atoms with Crippen LogP contribution in [-0.2, 0) is 0 Å². The second-order valence-corrected chi connectivity index (χ2v) is 8.73. The van der Waals surface area contributed by atoms with Crippen molar-refractivity contribution in [3.8, 4) is 45.3 Å². The van der Waals surface area contributed by atoms with Gasteiger partial charge in [0.1, 0.15) is 0 Å². The maximum absolute atomic E-state index is 6.47. The molecule has 0 aliphatic carbocycles. The van der Waals surface area contributed by atoms with Crippen molar-refractivity contribution in [2.24, 2.45) is 0 Å². The van der Waals surface area contributed by atoms with Crippen LogP contribution in [0.1, 0.15) is 0 Å². The molecule has 3 nitrogen and oxygen atoms in total. The van der Waals surface area contributed by atoms with Gasteiger partial charge in [-0.1, -0.05) is 109 Å². The highest BCUT2D eigenvalue weighted by Crippen LogP contribution is 2.35. The Labute approximate surface area is 208 Å². The summed E-state index contributed by atoms with van der Waals surface area (Å²) in [6.45, 7) is 0. The van der Waals surface area contributed by atoms with Gasteiger partial charge in [-0.25, -0.2) is 15.0 Å². The lowest BCUT2D eigenvalue weighted by molar-refractivity contribution is 1.07. The smallest absolute Gasteiger partial charge is 0.164 e. The Bertz CT molecular complexity index is 1590. The summed E-state index contributed by atoms with van der Waals surface area (Å²) in [5, 5.41) is 3.02. The molecule has 166 valence electrons. The van der Waals surface area contributed by atoms with E-state index in [4.69, 9.17) is 26.6 Å². The van der Waals surface area contributed by atoms with E-state index in [0.29, 0.717) is 22.5 Å². The second-order valence-electron chi connectivity index (χ2n) is 8.29. The predicted molar refractivity (Wildman–Crippen MR) is 144 cm³/mol. The van der Waals surface area contributed by atoms with E-state index < -0.39 is 0 Å². The van der Waals surface area contributed by atoms with Gasteiger partial charge in [-0.2, -0.15) is 0 Å². The van der Waals surface area contributed by atoms with Crippen molar-refractivity contribution in [3.05, 3.63) is 126 Å². The minimum Gasteiger partial charge on any atom is -0.208 e. The molecule has 0 radical (unpaired) electrons. The van der Waals surface area contributed by atoms with E-state index in [1.807, 2.05) is 84.9 Å². The van der Waals surface area contributed by atoms with E-state index in [2.05, 4.69) is 36.4 Å². The van der Waals surface area contributed by atoms with Gasteiger partial charge in [0.15, 0.2) is 17.5 Å². The van der Waals surface area contributed by atoms with E-state index in [1.54, 1.807) is 0 Å². The molecular formula is C31H20ClN3. The summed E-state index contributed by atoms with van der Waals surface area (Å²) in [5.41, 5.74) is 4.82. The summed E-state index contributed by atoms with van der Waals surface area (Å²) in [5.74, 6) is 1.88. The lowest BCUT2D eigenvalue weighted by Crippen LogP contribution is -2.01. The van der Waals surface area contributed by atoms with Gasteiger partial charge in [-0.15, -0.1) is 0 Å². The Morgan fingerprint density at radius 1 is 0.400 bits per heavy atom. The lowest BCUT2D eigenvalue weighted by atomic mass is 9.96. The molecule has 35 heavy (non-hydrogen) atoms. The maximum Gasteiger partial charge on any atom is 0.164 e. The molecule has 0 unspecified atom stereocenters. The van der Waals surface area contributed by atoms with Gasteiger partial charge in [0.25, 0.3) is 0 Å². The molecule has 0 bridgehead atoms. The fraction of sp³-hybridized carbons (Fsp3) is 0. The number of benzene rings is 5. The molecule has 4 heteroatoms. The fourth-order valence-corrected chi connectivity index (χ4v) is 4.41. The number of aromatic nitrogens is 3. The molecule has 5 aromatic carbocycles. The largest absolute Gasteiger partial charge is 0.208 e. The monoisotopic (exact) mass is 469 g/mol. The van der Waals surface area contributed by atoms with Gasteiger partial charge in [0, 0.05) is 21.7 Å². The first-order chi connectivity index (χ1) is 17.2. The van der Waals surface area contributed by atoms with E-state index in [-0.39, 0.29) is 0 Å². The Morgan fingerprint density at radius 3 is 1.63 bits per heavy atom. The molecule has 0 fully saturated rings. The summed E-state index contributed by atoms with van der Waals surface area (Å²) in [4.78, 5) is 14.6. The standard InChI is InChI=1S/C31H20ClN3/c32-26-17-18-27(28(20-26)25-16-15-21-9-7-8-14-24(21)19-25)31-34-29(22-10-3-1-4-11-22)33-30(35-31)23-12-5-2-6-13-23/h1-20H. The summed E-state index contributed by atoms with van der Waals surface area (Å²) in [6, 6.07) is 40.6. The molecule has 1 aromatic heterocycles. The molecule has 0 saturated heterocycles. The average Bonchev–Trinajstić information content (AvgIpc) is 2.93. The number of hydrogen-bond donors (Lipinski definition) is 0. The van der Waals surface area contributed by atoms with Gasteiger partial charge in [-0.05, 0) is 46.2 Å². The Hall–Kier alpha value is -4.34. The van der Waals surface area contributed by atoms with Gasteiger partial charge >= 0.3 is 0 Å². The molecule has 0 amide bonds. The lowest BCUT2D eigenvalue weighted by Gasteiger charge is -2.13. The van der Waals surface area contributed by atoms with Crippen LogP contribution in [0.5, 0.6) is 0 Å². The highest BCUT2D eigenvalue weighted by molar-refractivity contribution is 6.31. The highest BCUT2D eigenvalue weighted by Gasteiger charge is 2.16. The third-order valence-electron chi connectivity index (χ3n) is 5.98. The summed E-state index contributed by atoms with van der Waals surface area (Å²) >= 11 is 6.47. The van der Waals surface area contributed by atoms with Crippen LogP contribution in [0.15, 0.2) is 121 Å². The Morgan fingerprint density at radius 2 is 0.971 bits per heavy atom. The van der Waals surface area contributed by atoms with E-state index in [1.165, 1.54) is 10.8 Å². The second kappa shape index (κ2) is 9.13. The molecule has 0 aliphatic rings. The summed E-state index contributed by atoms with van der Waals surface area (Å²) in [6.07, 6.45) is 0. The van der Waals surface area contributed by atoms with E-state index >= 15 is 0 Å². The van der Waals surface area contributed by atoms with Gasteiger partial charge in [-0.3, -0.25) is 0 Å². The number of rotatable bonds is 4. The van der Waals surface area contributed by atoms with Crippen molar-refractivity contribution in [2.45, 2.75) is 0 Å². The highest BCUT2D eigenvalue weighted by atomic mass is 35.5. The van der Waals surface area contributed by atoms with Crippen LogP contribution in [0.25, 0.3) is 56.1 Å². The normalized spacial score (nSPS) is 11.0. The first kappa shape index (κ1) is 21.2. The molecule has 6 rings (SSSR count). The van der Waals surface area contributed by atoms with Gasteiger partial charge in [0.2, 0.25) is 0 Å². The van der Waals surface area contributed by atoms with Crippen molar-refractivity contribution in [2.75, 3.05) is 0 Å². The van der Waals surface area contributed by atoms with Crippen molar-refractivity contribution < 1.29 is 0 Å². The third kappa shape index (κ3) is 4.30. The van der Waals surface area contributed by atoms with E-state index in [0.717, 1.165) is 27.8 Å². The number of fused-ring (bicyclic) bond motifs is 1. The molecule has 0 atom stereocenters. The zero-order valence-corrected chi connectivity index (χ0v) is 19.5. The van der Waals surface area contributed by atoms with Crippen molar-refractivity contribution >= 4 is 22.4 Å². The summed E-state index contributed by atoms with van der Waals surface area (Å²) in [7, 11) is 0. The van der Waals surface area contributed by atoms with Gasteiger partial charge < -0.3 is 0 Å². The van der Waals surface area contributed by atoms with Crippen molar-refractivity contribution in [3.63, 3.8) is 0 Å². The molecule has 0 aliphatic heterocycles. The molecule has 0 N–H and O–H groups in total. The minimum atomic E-state index is 0.609. The predicted octanol–water partition coefficient (Wildman–Crippen LogP) is 8.35. The zero-order chi connectivity index (χ0) is 23.6. The zero-order valence-electron chi connectivity index (χ0n) is 18.8. The first-order valence-corrected chi connectivity index (χ1v) is 11.8. The van der Waals surface area contributed by atoms with Crippen molar-refractivity contribution in [1.82, 2.24) is 15.0 Å². The Kier molecular flexibility index (Phi) is 5.53. The van der Waals surface area contributed by atoms with E-state index in [9.17, 15) is 0 Å². The van der Waals surface area contributed by atoms with Crippen LogP contribution in [-0.4, -0.2) is 15.0 Å². The SMILES string of the molecule is Clc1ccc(-c2nc(-c3ccccc3)nc(-c3ccccc3)n2)c(-c2ccc3ccccc3c2)c1. The average molecular weight is 470 g/mol. The number of nitrogens with zero attached hydrogens (tertiary/aromatic N) is 3. The van der Waals surface area contributed by atoms with Crippen LogP contribution >= 0.6 is 11.6 Å². The van der Waals surface area contributed by atoms with Crippen LogP contribution in [0.4, 0.5) is 0 Å². The molecule has 6 aromatic rings. The van der Waals surface area contributed by atoms with Crippen LogP contribution in [0, 0.1) is 0 Å². The minimum absolute atomic E-state index is 0.609. The van der Waals surface area contributed by atoms with Crippen molar-refractivity contribution in [1.29, 1.82) is 0 Å².